The molecule has 0 saturated carbocycles. The van der Waals surface area contributed by atoms with Crippen LogP contribution in [0.2, 0.25) is 0 Å². The van der Waals surface area contributed by atoms with Crippen LogP contribution in [-0.2, 0) is 21.3 Å². The number of amides is 1. The fraction of sp³-hybridized carbons (Fsp3) is 0.643. The summed E-state index contributed by atoms with van der Waals surface area (Å²) < 4.78 is 33.2. The van der Waals surface area contributed by atoms with Gasteiger partial charge in [0.25, 0.3) is 5.91 Å². The van der Waals surface area contributed by atoms with Crippen molar-refractivity contribution >= 4 is 15.9 Å². The van der Waals surface area contributed by atoms with Crippen LogP contribution in [0, 0.1) is 0 Å². The van der Waals surface area contributed by atoms with Crippen LogP contribution in [0.5, 0.6) is 0 Å². The Labute approximate surface area is 131 Å². The fourth-order valence-corrected chi connectivity index (χ4v) is 3.75. The number of nitrogens with zero attached hydrogens (tertiary/aromatic N) is 2. The zero-order chi connectivity index (χ0) is 16.2. The Bertz CT molecular complexity index is 611. The number of methoxy groups -OCH3 is 1. The molecule has 0 aromatic carbocycles. The molecule has 8 heteroatoms. The van der Waals surface area contributed by atoms with E-state index in [-0.39, 0.29) is 24.2 Å². The van der Waals surface area contributed by atoms with E-state index >= 15 is 0 Å². The highest BCUT2D eigenvalue weighted by Gasteiger charge is 2.32. The summed E-state index contributed by atoms with van der Waals surface area (Å²) in [6.45, 7) is 3.48. The maximum atomic E-state index is 12.5. The third kappa shape index (κ3) is 3.88. The van der Waals surface area contributed by atoms with Crippen molar-refractivity contribution in [3.8, 4) is 0 Å². The van der Waals surface area contributed by atoms with E-state index < -0.39 is 10.0 Å². The molecule has 1 unspecified atom stereocenters. The average Bonchev–Trinajstić information content (AvgIpc) is 2.93. The second-order valence-corrected chi connectivity index (χ2v) is 7.28. The molecule has 0 fully saturated rings. The van der Waals surface area contributed by atoms with Crippen molar-refractivity contribution < 1.29 is 17.9 Å². The van der Waals surface area contributed by atoms with E-state index in [9.17, 15) is 13.2 Å². The molecule has 0 spiro atoms. The highest BCUT2D eigenvalue weighted by atomic mass is 32.2. The van der Waals surface area contributed by atoms with Crippen LogP contribution in [0.3, 0.4) is 0 Å². The molecule has 1 atom stereocenters. The Balaban J connectivity index is 2.11. The molecule has 1 aliphatic rings. The van der Waals surface area contributed by atoms with Gasteiger partial charge in [-0.2, -0.15) is 0 Å². The number of hydrogen-bond donors (Lipinski definition) is 1. The number of sulfonamides is 1. The van der Waals surface area contributed by atoms with E-state index in [1.165, 1.54) is 0 Å². The molecule has 124 valence electrons. The Morgan fingerprint density at radius 2 is 2.23 bits per heavy atom. The van der Waals surface area contributed by atoms with E-state index in [0.717, 1.165) is 0 Å². The van der Waals surface area contributed by atoms with Crippen LogP contribution >= 0.6 is 0 Å². The van der Waals surface area contributed by atoms with E-state index in [4.69, 9.17) is 4.74 Å². The predicted molar refractivity (Wildman–Crippen MR) is 83.2 cm³/mol. The molecule has 22 heavy (non-hydrogen) atoms. The molecule has 2 rings (SSSR count). The second kappa shape index (κ2) is 7.26. The summed E-state index contributed by atoms with van der Waals surface area (Å²) in [5, 5.41) is 0. The number of ether oxygens (including phenoxy) is 1. The van der Waals surface area contributed by atoms with Gasteiger partial charge in [-0.1, -0.05) is 6.92 Å². The average molecular weight is 329 g/mol. The van der Waals surface area contributed by atoms with Gasteiger partial charge in [-0.25, -0.2) is 13.1 Å². The third-order valence-corrected chi connectivity index (χ3v) is 5.26. The molecular formula is C14H23N3O4S. The molecule has 1 aromatic heterocycles. The van der Waals surface area contributed by atoms with Crippen molar-refractivity contribution in [2.75, 3.05) is 32.6 Å². The minimum absolute atomic E-state index is 0.0898. The standard InChI is InChI=1S/C14H23N3O4S/c1-3-9-22(19,20)15-10-12-11-16-6-4-5-13(16)14(18)17(12)7-8-21-2/h4-6,12,15H,3,7-11H2,1-2H3. The van der Waals surface area contributed by atoms with E-state index in [1.54, 1.807) is 18.1 Å². The predicted octanol–water partition coefficient (Wildman–Crippen LogP) is 0.288. The van der Waals surface area contributed by atoms with Crippen LogP contribution in [-0.4, -0.2) is 62.4 Å². The lowest BCUT2D eigenvalue weighted by molar-refractivity contribution is 0.0518. The van der Waals surface area contributed by atoms with Gasteiger partial charge < -0.3 is 14.2 Å². The number of fused-ring (bicyclic) bond motifs is 1. The molecule has 2 heterocycles. The Hall–Kier alpha value is -1.38. The summed E-state index contributed by atoms with van der Waals surface area (Å²) in [7, 11) is -1.71. The van der Waals surface area contributed by atoms with Gasteiger partial charge in [0, 0.05) is 32.9 Å². The summed E-state index contributed by atoms with van der Waals surface area (Å²) in [5.41, 5.74) is 0.628. The number of carbonyl (C=O) groups is 1. The number of nitrogens with one attached hydrogen (secondary N) is 1. The van der Waals surface area contributed by atoms with Gasteiger partial charge >= 0.3 is 0 Å². The smallest absolute Gasteiger partial charge is 0.270 e. The zero-order valence-corrected chi connectivity index (χ0v) is 13.8. The van der Waals surface area contributed by atoms with Crippen LogP contribution in [0.15, 0.2) is 18.3 Å². The maximum Gasteiger partial charge on any atom is 0.270 e. The molecule has 0 radical (unpaired) electrons. The number of hydrogen-bond acceptors (Lipinski definition) is 4. The van der Waals surface area contributed by atoms with Crippen LogP contribution in [0.4, 0.5) is 0 Å². The third-order valence-electron chi connectivity index (χ3n) is 3.71. The summed E-state index contributed by atoms with van der Waals surface area (Å²) >= 11 is 0. The molecular weight excluding hydrogens is 306 g/mol. The number of aromatic nitrogens is 1. The van der Waals surface area contributed by atoms with Crippen LogP contribution < -0.4 is 4.72 Å². The lowest BCUT2D eigenvalue weighted by Gasteiger charge is -2.36. The maximum absolute atomic E-state index is 12.5. The van der Waals surface area contributed by atoms with Crippen molar-refractivity contribution in [3.05, 3.63) is 24.0 Å². The molecule has 7 nitrogen and oxygen atoms in total. The molecule has 1 aromatic rings. The summed E-state index contributed by atoms with van der Waals surface area (Å²) in [4.78, 5) is 14.2. The first-order valence-electron chi connectivity index (χ1n) is 7.41. The molecule has 0 bridgehead atoms. The molecule has 0 aliphatic carbocycles. The van der Waals surface area contributed by atoms with Gasteiger partial charge in [-0.05, 0) is 18.6 Å². The minimum Gasteiger partial charge on any atom is -0.383 e. The lowest BCUT2D eigenvalue weighted by Crippen LogP contribution is -2.53. The number of rotatable bonds is 8. The summed E-state index contributed by atoms with van der Waals surface area (Å²) in [5.74, 6) is 0.00790. The molecule has 1 aliphatic heterocycles. The first-order valence-corrected chi connectivity index (χ1v) is 9.06. The SMILES string of the molecule is CCCS(=O)(=O)NCC1Cn2cccc2C(=O)N1CCOC. The Morgan fingerprint density at radius 1 is 1.45 bits per heavy atom. The van der Waals surface area contributed by atoms with Crippen molar-refractivity contribution in [1.82, 2.24) is 14.2 Å². The Kier molecular flexibility index (Phi) is 5.60. The zero-order valence-electron chi connectivity index (χ0n) is 13.0. The van der Waals surface area contributed by atoms with Gasteiger partial charge in [0.05, 0.1) is 18.4 Å². The quantitative estimate of drug-likeness (QED) is 0.743. The minimum atomic E-state index is -3.28. The van der Waals surface area contributed by atoms with Crippen molar-refractivity contribution in [2.24, 2.45) is 0 Å². The highest BCUT2D eigenvalue weighted by Crippen LogP contribution is 2.18. The van der Waals surface area contributed by atoms with Gasteiger partial charge in [0.1, 0.15) is 5.69 Å². The Morgan fingerprint density at radius 3 is 2.91 bits per heavy atom. The first kappa shape index (κ1) is 17.0. The monoisotopic (exact) mass is 329 g/mol. The number of carbonyl (C=O) groups excluding carboxylic acids is 1. The van der Waals surface area contributed by atoms with Crippen LogP contribution in [0.25, 0.3) is 0 Å². The summed E-state index contributed by atoms with van der Waals surface area (Å²) in [6, 6.07) is 3.39. The van der Waals surface area contributed by atoms with E-state index in [2.05, 4.69) is 4.72 Å². The summed E-state index contributed by atoms with van der Waals surface area (Å²) in [6.07, 6.45) is 2.41. The first-order chi connectivity index (χ1) is 10.5. The molecule has 0 saturated heterocycles. The van der Waals surface area contributed by atoms with Crippen LogP contribution in [0.1, 0.15) is 23.8 Å². The van der Waals surface area contributed by atoms with Gasteiger partial charge in [-0.15, -0.1) is 0 Å². The fourth-order valence-electron chi connectivity index (χ4n) is 2.62. The second-order valence-electron chi connectivity index (χ2n) is 5.36. The van der Waals surface area contributed by atoms with Crippen molar-refractivity contribution in [1.29, 1.82) is 0 Å². The lowest BCUT2D eigenvalue weighted by atomic mass is 10.1. The molecule has 1 N–H and O–H groups in total. The van der Waals surface area contributed by atoms with E-state index in [1.807, 2.05) is 23.8 Å². The van der Waals surface area contributed by atoms with Crippen molar-refractivity contribution in [3.63, 3.8) is 0 Å². The topological polar surface area (TPSA) is 80.6 Å². The van der Waals surface area contributed by atoms with E-state index in [0.29, 0.717) is 31.8 Å². The largest absolute Gasteiger partial charge is 0.383 e. The highest BCUT2D eigenvalue weighted by molar-refractivity contribution is 7.89. The normalized spacial score (nSPS) is 18.5. The van der Waals surface area contributed by atoms with Gasteiger partial charge in [0.15, 0.2) is 0 Å². The van der Waals surface area contributed by atoms with Gasteiger partial charge in [0.2, 0.25) is 10.0 Å². The molecule has 1 amide bonds. The van der Waals surface area contributed by atoms with Gasteiger partial charge in [-0.3, -0.25) is 4.79 Å². The van der Waals surface area contributed by atoms with Crippen molar-refractivity contribution in [2.45, 2.75) is 25.9 Å².